The largest absolute Gasteiger partial charge is 0.490 e. The summed E-state index contributed by atoms with van der Waals surface area (Å²) in [5, 5.41) is 17.0. The van der Waals surface area contributed by atoms with Crippen LogP contribution in [0.2, 0.25) is 5.02 Å². The van der Waals surface area contributed by atoms with E-state index >= 15 is 0 Å². The highest BCUT2D eigenvalue weighted by Gasteiger charge is 2.04. The number of para-hydroxylation sites is 1. The third-order valence-electron chi connectivity index (χ3n) is 2.60. The third-order valence-corrected chi connectivity index (χ3v) is 2.91. The van der Waals surface area contributed by atoms with Gasteiger partial charge in [0.25, 0.3) is 0 Å². The summed E-state index contributed by atoms with van der Waals surface area (Å²) in [5.74, 6) is -0.220. The van der Waals surface area contributed by atoms with E-state index < -0.39 is 5.97 Å². The number of aromatic nitrogens is 3. The minimum absolute atomic E-state index is 0.0504. The Bertz CT molecular complexity index is 586. The van der Waals surface area contributed by atoms with E-state index in [1.54, 1.807) is 23.0 Å². The molecule has 0 saturated heterocycles. The highest BCUT2D eigenvalue weighted by Crippen LogP contribution is 2.22. The maximum absolute atomic E-state index is 10.5. The molecular formula is C13H14ClN3O3. The molecule has 0 fully saturated rings. The van der Waals surface area contributed by atoms with Gasteiger partial charge in [0, 0.05) is 12.6 Å². The van der Waals surface area contributed by atoms with Gasteiger partial charge in [-0.2, -0.15) is 0 Å². The highest BCUT2D eigenvalue weighted by molar-refractivity contribution is 6.32. The maximum Gasteiger partial charge on any atom is 0.303 e. The van der Waals surface area contributed by atoms with Crippen molar-refractivity contribution in [3.05, 3.63) is 41.2 Å². The molecule has 0 saturated carbocycles. The second-order valence-corrected chi connectivity index (χ2v) is 4.55. The zero-order valence-corrected chi connectivity index (χ0v) is 11.5. The molecule has 1 heterocycles. The standard InChI is InChI=1S/C13H14ClN3O3/c14-11-3-1-2-4-12(11)20-8-7-17-9-10(15-16-17)5-6-13(18)19/h1-4,9H,5-8H2,(H,18,19). The van der Waals surface area contributed by atoms with Gasteiger partial charge in [-0.05, 0) is 12.1 Å². The van der Waals surface area contributed by atoms with Crippen molar-refractivity contribution in [1.29, 1.82) is 0 Å². The number of halogens is 1. The lowest BCUT2D eigenvalue weighted by Gasteiger charge is -2.07. The van der Waals surface area contributed by atoms with E-state index in [0.29, 0.717) is 36.0 Å². The predicted molar refractivity (Wildman–Crippen MR) is 72.9 cm³/mol. The fraction of sp³-hybridized carbons (Fsp3) is 0.308. The van der Waals surface area contributed by atoms with Crippen molar-refractivity contribution in [2.75, 3.05) is 6.61 Å². The first-order chi connectivity index (χ1) is 9.65. The summed E-state index contributed by atoms with van der Waals surface area (Å²) >= 11 is 5.97. The molecule has 106 valence electrons. The fourth-order valence-electron chi connectivity index (χ4n) is 1.61. The SMILES string of the molecule is O=C(O)CCc1cn(CCOc2ccccc2Cl)nn1. The number of ether oxygens (including phenoxy) is 1. The highest BCUT2D eigenvalue weighted by atomic mass is 35.5. The van der Waals surface area contributed by atoms with Gasteiger partial charge in [-0.15, -0.1) is 5.10 Å². The smallest absolute Gasteiger partial charge is 0.303 e. The minimum Gasteiger partial charge on any atom is -0.490 e. The van der Waals surface area contributed by atoms with Crippen LogP contribution in [-0.2, 0) is 17.8 Å². The summed E-state index contributed by atoms with van der Waals surface area (Å²) in [6, 6.07) is 7.24. The van der Waals surface area contributed by atoms with Gasteiger partial charge < -0.3 is 9.84 Å². The van der Waals surface area contributed by atoms with E-state index in [0.717, 1.165) is 0 Å². The number of aryl methyl sites for hydroxylation is 1. The molecule has 0 spiro atoms. The molecule has 2 rings (SSSR count). The lowest BCUT2D eigenvalue weighted by atomic mass is 10.2. The van der Waals surface area contributed by atoms with Crippen molar-refractivity contribution < 1.29 is 14.6 Å². The molecule has 0 atom stereocenters. The van der Waals surface area contributed by atoms with Crippen LogP contribution in [0.5, 0.6) is 5.75 Å². The Morgan fingerprint density at radius 1 is 1.40 bits per heavy atom. The topological polar surface area (TPSA) is 77.2 Å². The molecule has 0 amide bonds. The summed E-state index contributed by atoms with van der Waals surface area (Å²) in [6.07, 6.45) is 2.15. The summed E-state index contributed by atoms with van der Waals surface area (Å²) in [4.78, 5) is 10.5. The molecule has 0 unspecified atom stereocenters. The number of hydrogen-bond acceptors (Lipinski definition) is 4. The van der Waals surface area contributed by atoms with E-state index in [1.165, 1.54) is 0 Å². The molecular weight excluding hydrogens is 282 g/mol. The Hall–Kier alpha value is -2.08. The molecule has 7 heteroatoms. The number of nitrogens with zero attached hydrogens (tertiary/aromatic N) is 3. The number of carboxylic acid groups (broad SMARTS) is 1. The molecule has 1 aromatic heterocycles. The Morgan fingerprint density at radius 3 is 2.95 bits per heavy atom. The number of aliphatic carboxylic acids is 1. The van der Waals surface area contributed by atoms with E-state index in [1.807, 2.05) is 12.1 Å². The molecule has 0 radical (unpaired) electrons. The Kier molecular flexibility index (Phi) is 4.95. The second kappa shape index (κ2) is 6.91. The van der Waals surface area contributed by atoms with Gasteiger partial charge in [-0.3, -0.25) is 4.79 Å². The van der Waals surface area contributed by atoms with Gasteiger partial charge in [-0.25, -0.2) is 4.68 Å². The molecule has 2 aromatic rings. The second-order valence-electron chi connectivity index (χ2n) is 4.15. The van der Waals surface area contributed by atoms with Crippen LogP contribution < -0.4 is 4.74 Å². The van der Waals surface area contributed by atoms with Gasteiger partial charge in [0.15, 0.2) is 0 Å². The normalized spacial score (nSPS) is 10.4. The molecule has 6 nitrogen and oxygen atoms in total. The first-order valence-corrected chi connectivity index (χ1v) is 6.51. The van der Waals surface area contributed by atoms with E-state index in [9.17, 15) is 4.79 Å². The molecule has 1 N–H and O–H groups in total. The van der Waals surface area contributed by atoms with Crippen LogP contribution in [0, 0.1) is 0 Å². The zero-order chi connectivity index (χ0) is 14.4. The van der Waals surface area contributed by atoms with Crippen LogP contribution in [0.1, 0.15) is 12.1 Å². The average molecular weight is 296 g/mol. The van der Waals surface area contributed by atoms with Crippen molar-refractivity contribution in [2.45, 2.75) is 19.4 Å². The van der Waals surface area contributed by atoms with Crippen molar-refractivity contribution in [1.82, 2.24) is 15.0 Å². The Labute approximate surface area is 120 Å². The summed E-state index contributed by atoms with van der Waals surface area (Å²) in [6.45, 7) is 0.927. The van der Waals surface area contributed by atoms with Gasteiger partial charge in [0.2, 0.25) is 0 Å². The van der Waals surface area contributed by atoms with E-state index in [-0.39, 0.29) is 6.42 Å². The maximum atomic E-state index is 10.5. The first-order valence-electron chi connectivity index (χ1n) is 6.13. The van der Waals surface area contributed by atoms with Crippen LogP contribution in [-0.4, -0.2) is 32.7 Å². The van der Waals surface area contributed by atoms with Crippen LogP contribution in [0.15, 0.2) is 30.5 Å². The van der Waals surface area contributed by atoms with Crippen LogP contribution in [0.3, 0.4) is 0 Å². The fourth-order valence-corrected chi connectivity index (χ4v) is 1.80. The predicted octanol–water partition coefficient (Wildman–Crippen LogP) is 2.03. The molecule has 20 heavy (non-hydrogen) atoms. The third kappa shape index (κ3) is 4.24. The van der Waals surface area contributed by atoms with Gasteiger partial charge in [0.1, 0.15) is 12.4 Å². The molecule has 0 bridgehead atoms. The summed E-state index contributed by atoms with van der Waals surface area (Å²) in [7, 11) is 0. The Morgan fingerprint density at radius 2 is 2.20 bits per heavy atom. The number of carbonyl (C=O) groups is 1. The number of rotatable bonds is 7. The minimum atomic E-state index is -0.846. The molecule has 0 aliphatic rings. The van der Waals surface area contributed by atoms with Crippen molar-refractivity contribution in [2.24, 2.45) is 0 Å². The molecule has 0 aliphatic heterocycles. The number of carboxylic acids is 1. The van der Waals surface area contributed by atoms with E-state index in [2.05, 4.69) is 10.3 Å². The van der Waals surface area contributed by atoms with Crippen LogP contribution in [0.25, 0.3) is 0 Å². The lowest BCUT2D eigenvalue weighted by molar-refractivity contribution is -0.136. The Balaban J connectivity index is 1.80. The van der Waals surface area contributed by atoms with Crippen LogP contribution in [0.4, 0.5) is 0 Å². The zero-order valence-electron chi connectivity index (χ0n) is 10.7. The van der Waals surface area contributed by atoms with Crippen LogP contribution >= 0.6 is 11.6 Å². The van der Waals surface area contributed by atoms with Gasteiger partial charge >= 0.3 is 5.97 Å². The van der Waals surface area contributed by atoms with Gasteiger partial charge in [0.05, 0.1) is 23.7 Å². The average Bonchev–Trinajstić information content (AvgIpc) is 2.87. The lowest BCUT2D eigenvalue weighted by Crippen LogP contribution is -2.08. The van der Waals surface area contributed by atoms with Crippen molar-refractivity contribution in [3.63, 3.8) is 0 Å². The van der Waals surface area contributed by atoms with Crippen molar-refractivity contribution in [3.8, 4) is 5.75 Å². The van der Waals surface area contributed by atoms with Gasteiger partial charge in [-0.1, -0.05) is 28.9 Å². The number of hydrogen-bond donors (Lipinski definition) is 1. The monoisotopic (exact) mass is 295 g/mol. The molecule has 0 aliphatic carbocycles. The van der Waals surface area contributed by atoms with E-state index in [4.69, 9.17) is 21.4 Å². The summed E-state index contributed by atoms with van der Waals surface area (Å²) in [5.41, 5.74) is 0.658. The van der Waals surface area contributed by atoms with Crippen molar-refractivity contribution >= 4 is 17.6 Å². The molecule has 1 aromatic carbocycles. The quantitative estimate of drug-likeness (QED) is 0.845. The number of benzene rings is 1. The first kappa shape index (κ1) is 14.3. The summed E-state index contributed by atoms with van der Waals surface area (Å²) < 4.78 is 7.15.